The molecule has 63 heavy (non-hydrogen) atoms. The molecule has 2 fully saturated rings. The second-order valence-corrected chi connectivity index (χ2v) is 22.9. The van der Waals surface area contributed by atoms with Crippen LogP contribution in [0.15, 0.2) is 162 Å². The van der Waals surface area contributed by atoms with Gasteiger partial charge in [0.1, 0.15) is 0 Å². The zero-order chi connectivity index (χ0) is 42.3. The van der Waals surface area contributed by atoms with E-state index < -0.39 is 10.0 Å². The molecule has 2 spiro atoms. The average molecular weight is 839 g/mol. The van der Waals surface area contributed by atoms with Crippen LogP contribution in [-0.4, -0.2) is 18.1 Å². The number of hydrogen-bond acceptors (Lipinski definition) is 2. The summed E-state index contributed by atoms with van der Waals surface area (Å²) >= 11 is 0. The molecule has 0 N–H and O–H groups in total. The van der Waals surface area contributed by atoms with Crippen molar-refractivity contribution in [1.82, 2.24) is 0 Å². The molecule has 3 heterocycles. The summed E-state index contributed by atoms with van der Waals surface area (Å²) in [6.45, 7) is 8.01. The number of benzene rings is 6. The molecule has 0 radical (unpaired) electrons. The normalized spacial score (nSPS) is 20.0. The molecule has 2 nitrogen and oxygen atoms in total. The van der Waals surface area contributed by atoms with Crippen LogP contribution in [0.4, 0.5) is 22.7 Å². The molecule has 3 aliphatic carbocycles. The molecule has 1 saturated heterocycles. The van der Waals surface area contributed by atoms with Crippen molar-refractivity contribution < 1.29 is 0 Å². The summed E-state index contributed by atoms with van der Waals surface area (Å²) < 4.78 is 0. The second-order valence-electron chi connectivity index (χ2n) is 19.5. The van der Waals surface area contributed by atoms with Gasteiger partial charge in [0.15, 0.2) is 0 Å². The number of anilines is 4. The Morgan fingerprint density at radius 3 is 1.90 bits per heavy atom. The quantitative estimate of drug-likeness (QED) is 0.122. The first-order valence-electron chi connectivity index (χ1n) is 23.7. The topological polar surface area (TPSA) is 6.48 Å². The molecule has 6 aromatic carbocycles. The van der Waals surface area contributed by atoms with Crippen LogP contribution in [0.25, 0.3) is 34.4 Å². The minimum Gasteiger partial charge on any atom is -0.341 e. The summed E-state index contributed by atoms with van der Waals surface area (Å²) in [7, 11) is -1.04. The predicted octanol–water partition coefficient (Wildman–Crippen LogP) is 16.2. The van der Waals surface area contributed by atoms with Crippen molar-refractivity contribution in [2.24, 2.45) is 0 Å². The lowest BCUT2D eigenvalue weighted by molar-refractivity contribution is 0.550. The van der Waals surface area contributed by atoms with E-state index in [9.17, 15) is 0 Å². The molecule has 3 heteroatoms. The van der Waals surface area contributed by atoms with E-state index in [2.05, 4.69) is 195 Å². The van der Waals surface area contributed by atoms with Crippen molar-refractivity contribution in [2.45, 2.75) is 87.9 Å². The average Bonchev–Trinajstić information content (AvgIpc) is 4.12. The number of aryl methyl sites for hydroxylation is 1. The van der Waals surface area contributed by atoms with Gasteiger partial charge in [-0.15, -0.1) is 0 Å². The Kier molecular flexibility index (Phi) is 9.20. The fourth-order valence-electron chi connectivity index (χ4n) is 12.6. The van der Waals surface area contributed by atoms with Crippen LogP contribution >= 0.6 is 10.0 Å². The summed E-state index contributed by atoms with van der Waals surface area (Å²) in [5.41, 5.74) is 20.9. The van der Waals surface area contributed by atoms with Crippen molar-refractivity contribution in [2.75, 3.05) is 27.9 Å². The lowest BCUT2D eigenvalue weighted by atomic mass is 9.76. The molecule has 6 aromatic rings. The van der Waals surface area contributed by atoms with Gasteiger partial charge in [0, 0.05) is 50.4 Å². The number of fused-ring (bicyclic) bond motifs is 11. The molecule has 0 aromatic heterocycles. The summed E-state index contributed by atoms with van der Waals surface area (Å²) in [6, 6.07) is 47.4. The van der Waals surface area contributed by atoms with E-state index in [0.29, 0.717) is 0 Å². The first kappa shape index (κ1) is 38.9. The summed E-state index contributed by atoms with van der Waals surface area (Å²) in [5, 5.41) is 0. The maximum atomic E-state index is 2.58. The maximum absolute atomic E-state index is 2.58. The number of hydrogen-bond donors (Lipinski definition) is 0. The van der Waals surface area contributed by atoms with Crippen molar-refractivity contribution in [3.05, 3.63) is 196 Å². The molecule has 3 aliphatic heterocycles. The highest BCUT2D eigenvalue weighted by atomic mass is 32.3. The van der Waals surface area contributed by atoms with Crippen LogP contribution in [0.2, 0.25) is 0 Å². The second kappa shape index (κ2) is 14.9. The summed E-state index contributed by atoms with van der Waals surface area (Å²) in [4.78, 5) is 8.17. The molecule has 314 valence electrons. The Morgan fingerprint density at radius 2 is 1.16 bits per heavy atom. The van der Waals surface area contributed by atoms with Crippen LogP contribution in [0.5, 0.6) is 0 Å². The third kappa shape index (κ3) is 5.98. The van der Waals surface area contributed by atoms with E-state index in [1.165, 1.54) is 145 Å². The largest absolute Gasteiger partial charge is 0.341 e. The summed E-state index contributed by atoms with van der Waals surface area (Å²) in [6.07, 6.45) is 26.2. The van der Waals surface area contributed by atoms with E-state index in [4.69, 9.17) is 0 Å². The van der Waals surface area contributed by atoms with E-state index in [1.807, 2.05) is 0 Å². The Morgan fingerprint density at radius 1 is 0.556 bits per heavy atom. The van der Waals surface area contributed by atoms with Crippen molar-refractivity contribution in [1.29, 1.82) is 0 Å². The van der Waals surface area contributed by atoms with Crippen LogP contribution in [0.3, 0.4) is 0 Å². The van der Waals surface area contributed by atoms with Gasteiger partial charge in [0.05, 0.1) is 5.69 Å². The zero-order valence-corrected chi connectivity index (χ0v) is 38.0. The van der Waals surface area contributed by atoms with Crippen LogP contribution in [0.1, 0.15) is 105 Å². The summed E-state index contributed by atoms with van der Waals surface area (Å²) in [5.74, 6) is 2.61. The maximum Gasteiger partial charge on any atom is 0.0580 e. The molecular formula is C60H58N2S. The molecule has 0 amide bonds. The Balaban J connectivity index is 0.857. The number of allylic oxidation sites excluding steroid dienone is 4. The standard InChI is InChI=1S/C60H58N2S/c1-4-5-6-18-47-41-62(57-20-9-10-21-58(57)63(47)35-13-14-36-63)46-27-31-51-50-29-25-43(38-54(50)60(55(51)40-46)32-11-12-33-60)23-22-42-24-28-48-49-30-26-45(39-53(49)59(2,3)52(48)37-42)61-34-15-17-44-16-7-8-19-56(44)61/h4-10,16,18-31,37-41H,11-15,17,32-36H2,1-3H3/b5-4-,18-6-,23-22+. The van der Waals surface area contributed by atoms with Gasteiger partial charge in [0.2, 0.25) is 0 Å². The van der Waals surface area contributed by atoms with E-state index in [0.717, 1.165) is 13.0 Å². The third-order valence-corrected chi connectivity index (χ3v) is 20.0. The lowest BCUT2D eigenvalue weighted by Crippen LogP contribution is -2.25. The minimum absolute atomic E-state index is 0.0641. The van der Waals surface area contributed by atoms with Gasteiger partial charge < -0.3 is 9.80 Å². The third-order valence-electron chi connectivity index (χ3n) is 15.7. The van der Waals surface area contributed by atoms with E-state index in [-0.39, 0.29) is 10.8 Å². The molecule has 0 bridgehead atoms. The monoisotopic (exact) mass is 838 g/mol. The number of nitrogens with zero attached hydrogens (tertiary/aromatic N) is 2. The van der Waals surface area contributed by atoms with Crippen molar-refractivity contribution >= 4 is 44.9 Å². The van der Waals surface area contributed by atoms with Gasteiger partial charge in [0.25, 0.3) is 0 Å². The van der Waals surface area contributed by atoms with Gasteiger partial charge in [-0.05, 0) is 167 Å². The van der Waals surface area contributed by atoms with E-state index in [1.54, 1.807) is 4.90 Å². The fourth-order valence-corrected chi connectivity index (χ4v) is 16.9. The number of para-hydroxylation sites is 2. The Labute approximate surface area is 376 Å². The first-order valence-corrected chi connectivity index (χ1v) is 25.7. The van der Waals surface area contributed by atoms with Gasteiger partial charge >= 0.3 is 0 Å². The molecule has 12 rings (SSSR count). The van der Waals surface area contributed by atoms with Crippen molar-refractivity contribution in [3.8, 4) is 22.3 Å². The molecule has 0 unspecified atom stereocenters. The molecule has 1 saturated carbocycles. The molecule has 6 aliphatic rings. The molecule has 0 atom stereocenters. The van der Waals surface area contributed by atoms with Crippen LogP contribution < -0.4 is 9.80 Å². The SMILES string of the molecule is C/C=C\C=C/C1=CN(c2ccc3c(c2)C2(CCCC2)c2cc(/C=C/c4ccc5c(c4)C(C)(C)c4cc(N6CCCc7ccccc76)ccc4-5)ccc2-3)c2ccccc2S12CCCC2. The minimum atomic E-state index is -1.04. The highest BCUT2D eigenvalue weighted by Crippen LogP contribution is 2.71. The highest BCUT2D eigenvalue weighted by molar-refractivity contribution is 8.37. The molecular weight excluding hydrogens is 781 g/mol. The van der Waals surface area contributed by atoms with Crippen LogP contribution in [0, 0.1) is 0 Å². The lowest BCUT2D eigenvalue weighted by Gasteiger charge is -2.45. The van der Waals surface area contributed by atoms with Gasteiger partial charge in [-0.25, -0.2) is 0 Å². The predicted molar refractivity (Wildman–Crippen MR) is 271 cm³/mol. The van der Waals surface area contributed by atoms with Crippen molar-refractivity contribution in [3.63, 3.8) is 0 Å². The Bertz CT molecular complexity index is 2950. The van der Waals surface area contributed by atoms with Gasteiger partial charge in [-0.3, -0.25) is 0 Å². The zero-order valence-electron chi connectivity index (χ0n) is 37.2. The van der Waals surface area contributed by atoms with Crippen LogP contribution in [-0.2, 0) is 17.3 Å². The first-order chi connectivity index (χ1) is 30.9. The Hall–Kier alpha value is -5.77. The number of rotatable bonds is 6. The van der Waals surface area contributed by atoms with Gasteiger partial charge in [-0.2, -0.15) is 10.0 Å². The van der Waals surface area contributed by atoms with E-state index >= 15 is 0 Å². The van der Waals surface area contributed by atoms with Gasteiger partial charge in [-0.1, -0.05) is 136 Å². The smallest absolute Gasteiger partial charge is 0.0580 e. The fraction of sp³-hybridized carbons (Fsp3) is 0.267. The highest BCUT2D eigenvalue weighted by Gasteiger charge is 2.46.